The number of nitrogens with zero attached hydrogens (tertiary/aromatic N) is 4. The Kier molecular flexibility index (Phi) is 5.67. The van der Waals surface area contributed by atoms with E-state index in [2.05, 4.69) is 41.6 Å². The summed E-state index contributed by atoms with van der Waals surface area (Å²) < 4.78 is 16.1. The van der Waals surface area contributed by atoms with Crippen LogP contribution in [0.3, 0.4) is 0 Å². The van der Waals surface area contributed by atoms with Crippen LogP contribution in [0.15, 0.2) is 27.7 Å². The lowest BCUT2D eigenvalue weighted by molar-refractivity contribution is 0.392. The zero-order valence-electron chi connectivity index (χ0n) is 14.4. The fraction of sp³-hybridized carbons (Fsp3) is 0.471. The molecule has 0 bridgehead atoms. The predicted octanol–water partition coefficient (Wildman–Crippen LogP) is 2.56. The Balaban J connectivity index is 1.65. The number of fused-ring (bicyclic) bond motifs is 1. The van der Waals surface area contributed by atoms with Gasteiger partial charge in [-0.25, -0.2) is 19.0 Å². The van der Waals surface area contributed by atoms with Crippen LogP contribution >= 0.6 is 15.9 Å². The van der Waals surface area contributed by atoms with Crippen LogP contribution in [-0.2, 0) is 19.5 Å². The molecular weight excluding hydrogens is 387 g/mol. The second kappa shape index (κ2) is 7.95. The van der Waals surface area contributed by atoms with Gasteiger partial charge in [0.15, 0.2) is 5.96 Å². The maximum atomic E-state index is 13.6. The molecule has 1 atom stereocenters. The zero-order chi connectivity index (χ0) is 17.8. The first-order valence-corrected chi connectivity index (χ1v) is 9.23. The summed E-state index contributed by atoms with van der Waals surface area (Å²) in [4.78, 5) is 9.01. The van der Waals surface area contributed by atoms with Crippen LogP contribution in [0, 0.1) is 12.7 Å². The Morgan fingerprint density at radius 3 is 3.08 bits per heavy atom. The number of guanidine groups is 1. The molecule has 1 aliphatic heterocycles. The normalized spacial score (nSPS) is 17.3. The smallest absolute Gasteiger partial charge is 0.191 e. The number of aliphatic imine (C=N–C) groups is 1. The SMILES string of the molecule is CCNC(=NCc1ccc(Br)c(F)c1)NC1CCc2nc(C)nn2C1. The monoisotopic (exact) mass is 408 g/mol. The van der Waals surface area contributed by atoms with E-state index < -0.39 is 0 Å². The molecule has 6 nitrogen and oxygen atoms in total. The highest BCUT2D eigenvalue weighted by Gasteiger charge is 2.21. The van der Waals surface area contributed by atoms with Crippen LogP contribution in [0.2, 0.25) is 0 Å². The van der Waals surface area contributed by atoms with Gasteiger partial charge in [0.1, 0.15) is 17.5 Å². The Bertz CT molecular complexity index is 772. The Morgan fingerprint density at radius 1 is 1.48 bits per heavy atom. The molecule has 0 saturated heterocycles. The standard InChI is InChI=1S/C17H22BrFN6/c1-3-20-17(21-9-12-4-6-14(18)15(19)8-12)23-13-5-7-16-22-11(2)24-25(16)10-13/h4,6,8,13H,3,5,7,9-10H2,1-2H3,(H2,20,21,23). The molecule has 0 saturated carbocycles. The third-order valence-electron chi connectivity index (χ3n) is 4.05. The molecule has 8 heteroatoms. The number of aryl methyl sites for hydroxylation is 2. The van der Waals surface area contributed by atoms with Crippen molar-refractivity contribution in [3.05, 3.63) is 45.7 Å². The number of aromatic nitrogens is 3. The summed E-state index contributed by atoms with van der Waals surface area (Å²) in [6.45, 7) is 5.89. The highest BCUT2D eigenvalue weighted by atomic mass is 79.9. The van der Waals surface area contributed by atoms with Crippen LogP contribution in [-0.4, -0.2) is 33.3 Å². The van der Waals surface area contributed by atoms with Gasteiger partial charge < -0.3 is 10.6 Å². The van der Waals surface area contributed by atoms with E-state index in [0.717, 1.165) is 49.1 Å². The first kappa shape index (κ1) is 17.8. The first-order chi connectivity index (χ1) is 12.0. The van der Waals surface area contributed by atoms with E-state index >= 15 is 0 Å². The van der Waals surface area contributed by atoms with Gasteiger partial charge in [0.25, 0.3) is 0 Å². The van der Waals surface area contributed by atoms with E-state index in [-0.39, 0.29) is 11.9 Å². The molecule has 0 amide bonds. The van der Waals surface area contributed by atoms with E-state index in [1.54, 1.807) is 6.07 Å². The van der Waals surface area contributed by atoms with Crippen molar-refractivity contribution in [2.45, 2.75) is 45.8 Å². The Hall–Kier alpha value is -1.96. The van der Waals surface area contributed by atoms with Gasteiger partial charge in [-0.05, 0) is 53.9 Å². The average molecular weight is 409 g/mol. The summed E-state index contributed by atoms with van der Waals surface area (Å²) in [5, 5.41) is 11.1. The molecule has 25 heavy (non-hydrogen) atoms. The lowest BCUT2D eigenvalue weighted by Crippen LogP contribution is -2.47. The van der Waals surface area contributed by atoms with Crippen LogP contribution in [0.1, 0.15) is 30.6 Å². The molecule has 1 aliphatic rings. The van der Waals surface area contributed by atoms with Crippen molar-refractivity contribution in [3.8, 4) is 0 Å². The van der Waals surface area contributed by atoms with Gasteiger partial charge in [-0.3, -0.25) is 0 Å². The van der Waals surface area contributed by atoms with Crippen molar-refractivity contribution in [1.82, 2.24) is 25.4 Å². The summed E-state index contributed by atoms with van der Waals surface area (Å²) >= 11 is 3.17. The first-order valence-electron chi connectivity index (χ1n) is 8.44. The molecule has 0 radical (unpaired) electrons. The number of hydrogen-bond donors (Lipinski definition) is 2. The zero-order valence-corrected chi connectivity index (χ0v) is 16.0. The second-order valence-electron chi connectivity index (χ2n) is 6.08. The van der Waals surface area contributed by atoms with E-state index in [0.29, 0.717) is 11.0 Å². The van der Waals surface area contributed by atoms with Crippen molar-refractivity contribution in [2.24, 2.45) is 4.99 Å². The summed E-state index contributed by atoms with van der Waals surface area (Å²) in [6, 6.07) is 5.32. The van der Waals surface area contributed by atoms with Crippen LogP contribution < -0.4 is 10.6 Å². The Morgan fingerprint density at radius 2 is 2.32 bits per heavy atom. The molecule has 0 fully saturated rings. The van der Waals surface area contributed by atoms with Gasteiger partial charge in [0.2, 0.25) is 0 Å². The summed E-state index contributed by atoms with van der Waals surface area (Å²) in [5.41, 5.74) is 0.829. The van der Waals surface area contributed by atoms with Crippen molar-refractivity contribution in [1.29, 1.82) is 0 Å². The molecule has 1 aromatic carbocycles. The highest BCUT2D eigenvalue weighted by Crippen LogP contribution is 2.17. The molecule has 0 spiro atoms. The molecule has 1 aromatic heterocycles. The predicted molar refractivity (Wildman–Crippen MR) is 98.9 cm³/mol. The van der Waals surface area contributed by atoms with Crippen molar-refractivity contribution < 1.29 is 4.39 Å². The molecule has 2 heterocycles. The third kappa shape index (κ3) is 4.56. The maximum absolute atomic E-state index is 13.6. The summed E-state index contributed by atoms with van der Waals surface area (Å²) in [6.07, 6.45) is 1.88. The van der Waals surface area contributed by atoms with E-state index in [1.807, 2.05) is 24.6 Å². The fourth-order valence-corrected chi connectivity index (χ4v) is 3.12. The van der Waals surface area contributed by atoms with E-state index in [4.69, 9.17) is 0 Å². The molecule has 3 rings (SSSR count). The molecule has 0 aliphatic carbocycles. The van der Waals surface area contributed by atoms with Crippen molar-refractivity contribution in [2.75, 3.05) is 6.54 Å². The molecule has 2 aromatic rings. The lowest BCUT2D eigenvalue weighted by Gasteiger charge is -2.25. The van der Waals surface area contributed by atoms with Gasteiger partial charge in [-0.2, -0.15) is 5.10 Å². The number of halogens is 2. The quantitative estimate of drug-likeness (QED) is 0.602. The summed E-state index contributed by atoms with van der Waals surface area (Å²) in [5.74, 6) is 2.32. The van der Waals surface area contributed by atoms with Crippen molar-refractivity contribution in [3.63, 3.8) is 0 Å². The highest BCUT2D eigenvalue weighted by molar-refractivity contribution is 9.10. The number of hydrogen-bond acceptors (Lipinski definition) is 3. The minimum Gasteiger partial charge on any atom is -0.357 e. The van der Waals surface area contributed by atoms with Crippen LogP contribution in [0.25, 0.3) is 0 Å². The second-order valence-corrected chi connectivity index (χ2v) is 6.94. The molecular formula is C17H22BrFN6. The number of nitrogens with one attached hydrogen (secondary N) is 2. The minimum atomic E-state index is -0.271. The third-order valence-corrected chi connectivity index (χ3v) is 4.70. The van der Waals surface area contributed by atoms with Crippen LogP contribution in [0.4, 0.5) is 4.39 Å². The summed E-state index contributed by atoms with van der Waals surface area (Å²) in [7, 11) is 0. The van der Waals surface area contributed by atoms with E-state index in [9.17, 15) is 4.39 Å². The minimum absolute atomic E-state index is 0.244. The van der Waals surface area contributed by atoms with Crippen LogP contribution in [0.5, 0.6) is 0 Å². The average Bonchev–Trinajstić information content (AvgIpc) is 2.95. The number of benzene rings is 1. The Labute approximate surface area is 155 Å². The van der Waals surface area contributed by atoms with Crippen molar-refractivity contribution >= 4 is 21.9 Å². The van der Waals surface area contributed by atoms with Gasteiger partial charge in [-0.15, -0.1) is 0 Å². The van der Waals surface area contributed by atoms with Gasteiger partial charge >= 0.3 is 0 Å². The fourth-order valence-electron chi connectivity index (χ4n) is 2.87. The van der Waals surface area contributed by atoms with Gasteiger partial charge in [-0.1, -0.05) is 6.07 Å². The largest absolute Gasteiger partial charge is 0.357 e. The molecule has 134 valence electrons. The molecule has 1 unspecified atom stereocenters. The van der Waals surface area contributed by atoms with E-state index in [1.165, 1.54) is 6.07 Å². The maximum Gasteiger partial charge on any atom is 0.191 e. The molecule has 2 N–H and O–H groups in total. The number of rotatable bonds is 4. The van der Waals surface area contributed by atoms with Gasteiger partial charge in [0.05, 0.1) is 17.6 Å². The van der Waals surface area contributed by atoms with Gasteiger partial charge in [0, 0.05) is 19.0 Å². The topological polar surface area (TPSA) is 67.1 Å². The lowest BCUT2D eigenvalue weighted by atomic mass is 10.1.